The normalized spacial score (nSPS) is 18.0. The van der Waals surface area contributed by atoms with Crippen molar-refractivity contribution in [2.75, 3.05) is 52.9 Å². The summed E-state index contributed by atoms with van der Waals surface area (Å²) in [4.78, 5) is 9.76. The molecule has 1 saturated heterocycles. The Morgan fingerprint density at radius 2 is 1.88 bits per heavy atom. The van der Waals surface area contributed by atoms with E-state index in [9.17, 15) is 0 Å². The molecule has 5 nitrogen and oxygen atoms in total. The van der Waals surface area contributed by atoms with E-state index >= 15 is 0 Å². The Kier molecular flexibility index (Phi) is 8.39. The van der Waals surface area contributed by atoms with Crippen LogP contribution >= 0.6 is 0 Å². The summed E-state index contributed by atoms with van der Waals surface area (Å²) in [6.07, 6.45) is 0. The summed E-state index contributed by atoms with van der Waals surface area (Å²) in [7, 11) is 2.21. The summed E-state index contributed by atoms with van der Waals surface area (Å²) in [5, 5.41) is 6.89. The number of piperazine rings is 1. The van der Waals surface area contributed by atoms with Gasteiger partial charge in [0.05, 0.1) is 6.54 Å². The van der Waals surface area contributed by atoms with Crippen molar-refractivity contribution in [1.29, 1.82) is 0 Å². The zero-order chi connectivity index (χ0) is 18.9. The van der Waals surface area contributed by atoms with Gasteiger partial charge in [0.25, 0.3) is 0 Å². The van der Waals surface area contributed by atoms with E-state index in [1.54, 1.807) is 0 Å². The fraction of sp³-hybridized carbons (Fsp3) is 0.667. The van der Waals surface area contributed by atoms with Crippen LogP contribution in [0.1, 0.15) is 30.5 Å². The second-order valence-corrected chi connectivity index (χ2v) is 7.72. The molecule has 146 valence electrons. The van der Waals surface area contributed by atoms with Crippen LogP contribution in [0.2, 0.25) is 0 Å². The number of hydrogen-bond donors (Lipinski definition) is 2. The lowest BCUT2D eigenvalue weighted by Gasteiger charge is -2.34. The first kappa shape index (κ1) is 20.7. The quantitative estimate of drug-likeness (QED) is 0.579. The van der Waals surface area contributed by atoms with Gasteiger partial charge in [0.2, 0.25) is 0 Å². The lowest BCUT2D eigenvalue weighted by molar-refractivity contribution is 0.139. The van der Waals surface area contributed by atoms with Gasteiger partial charge in [-0.15, -0.1) is 0 Å². The monoisotopic (exact) mass is 359 g/mol. The van der Waals surface area contributed by atoms with Crippen molar-refractivity contribution in [2.24, 2.45) is 10.9 Å². The molecule has 0 spiro atoms. The molecule has 0 saturated carbocycles. The van der Waals surface area contributed by atoms with Crippen LogP contribution in [0.3, 0.4) is 0 Å². The molecular formula is C21H37N5. The number of aryl methyl sites for hydroxylation is 2. The minimum atomic E-state index is 0.600. The molecule has 1 aliphatic rings. The number of rotatable bonds is 7. The highest BCUT2D eigenvalue weighted by atomic mass is 15.2. The van der Waals surface area contributed by atoms with E-state index in [0.29, 0.717) is 12.5 Å². The predicted molar refractivity (Wildman–Crippen MR) is 112 cm³/mol. The van der Waals surface area contributed by atoms with Crippen molar-refractivity contribution in [3.05, 3.63) is 34.9 Å². The second kappa shape index (κ2) is 10.5. The standard InChI is InChI=1S/C21H37N5/c1-6-22-21(24-15-20-8-7-17(2)13-19(20)4)23-14-18(3)16-26-11-9-25(5)10-12-26/h7-8,13,18H,6,9-12,14-16H2,1-5H3,(H2,22,23,24). The lowest BCUT2D eigenvalue weighted by atomic mass is 10.1. The molecule has 0 radical (unpaired) electrons. The lowest BCUT2D eigenvalue weighted by Crippen LogP contribution is -2.47. The predicted octanol–water partition coefficient (Wildman–Crippen LogP) is 2.24. The molecular weight excluding hydrogens is 322 g/mol. The van der Waals surface area contributed by atoms with Crippen LogP contribution in [-0.4, -0.2) is 68.6 Å². The molecule has 2 rings (SSSR count). The average Bonchev–Trinajstić information content (AvgIpc) is 2.60. The molecule has 26 heavy (non-hydrogen) atoms. The largest absolute Gasteiger partial charge is 0.357 e. The molecule has 1 fully saturated rings. The van der Waals surface area contributed by atoms with Gasteiger partial charge in [0, 0.05) is 45.8 Å². The van der Waals surface area contributed by atoms with Crippen molar-refractivity contribution in [2.45, 2.75) is 34.2 Å². The number of hydrogen-bond acceptors (Lipinski definition) is 3. The molecule has 0 amide bonds. The van der Waals surface area contributed by atoms with Crippen LogP contribution in [0, 0.1) is 19.8 Å². The molecule has 1 atom stereocenters. The highest BCUT2D eigenvalue weighted by Gasteiger charge is 2.16. The molecule has 0 bridgehead atoms. The topological polar surface area (TPSA) is 42.9 Å². The van der Waals surface area contributed by atoms with Crippen molar-refractivity contribution in [1.82, 2.24) is 20.4 Å². The SMILES string of the molecule is CCNC(=NCc1ccc(C)cc1C)NCC(C)CN1CCN(C)CC1. The first-order valence-corrected chi connectivity index (χ1v) is 9.97. The highest BCUT2D eigenvalue weighted by Crippen LogP contribution is 2.11. The maximum absolute atomic E-state index is 4.78. The van der Waals surface area contributed by atoms with E-state index in [4.69, 9.17) is 4.99 Å². The van der Waals surface area contributed by atoms with Crippen LogP contribution in [0.25, 0.3) is 0 Å². The van der Waals surface area contributed by atoms with Crippen LogP contribution in [0.15, 0.2) is 23.2 Å². The van der Waals surface area contributed by atoms with Gasteiger partial charge in [-0.3, -0.25) is 0 Å². The highest BCUT2D eigenvalue weighted by molar-refractivity contribution is 5.79. The van der Waals surface area contributed by atoms with Gasteiger partial charge >= 0.3 is 0 Å². The van der Waals surface area contributed by atoms with Gasteiger partial charge in [-0.05, 0) is 44.9 Å². The Morgan fingerprint density at radius 3 is 2.54 bits per heavy atom. The number of aliphatic imine (C=N–C) groups is 1. The summed E-state index contributed by atoms with van der Waals surface area (Å²) >= 11 is 0. The smallest absolute Gasteiger partial charge is 0.191 e. The molecule has 1 aliphatic heterocycles. The van der Waals surface area contributed by atoms with Gasteiger partial charge in [0.15, 0.2) is 5.96 Å². The van der Waals surface area contributed by atoms with E-state index < -0.39 is 0 Å². The van der Waals surface area contributed by atoms with Crippen molar-refractivity contribution in [3.63, 3.8) is 0 Å². The fourth-order valence-electron chi connectivity index (χ4n) is 3.34. The molecule has 2 N–H and O–H groups in total. The minimum absolute atomic E-state index is 0.600. The first-order chi connectivity index (χ1) is 12.5. The second-order valence-electron chi connectivity index (χ2n) is 7.72. The Bertz CT molecular complexity index is 576. The van der Waals surface area contributed by atoms with Crippen molar-refractivity contribution in [3.8, 4) is 0 Å². The summed E-state index contributed by atoms with van der Waals surface area (Å²) < 4.78 is 0. The Balaban J connectivity index is 1.82. The Morgan fingerprint density at radius 1 is 1.15 bits per heavy atom. The number of nitrogens with one attached hydrogen (secondary N) is 2. The van der Waals surface area contributed by atoms with Gasteiger partial charge in [-0.1, -0.05) is 30.7 Å². The van der Waals surface area contributed by atoms with Crippen LogP contribution in [-0.2, 0) is 6.54 Å². The Hall–Kier alpha value is -1.59. The molecule has 1 heterocycles. The molecule has 1 aromatic carbocycles. The summed E-state index contributed by atoms with van der Waals surface area (Å²) in [5.41, 5.74) is 3.91. The maximum atomic E-state index is 4.78. The van der Waals surface area contributed by atoms with Crippen molar-refractivity contribution < 1.29 is 0 Å². The summed E-state index contributed by atoms with van der Waals surface area (Å²) in [6.45, 7) is 17.1. The number of guanidine groups is 1. The number of likely N-dealkylation sites (N-methyl/N-ethyl adjacent to an activating group) is 1. The van der Waals surface area contributed by atoms with Crippen LogP contribution in [0.5, 0.6) is 0 Å². The third kappa shape index (κ3) is 6.96. The van der Waals surface area contributed by atoms with E-state index in [-0.39, 0.29) is 0 Å². The van der Waals surface area contributed by atoms with Crippen LogP contribution < -0.4 is 10.6 Å². The maximum Gasteiger partial charge on any atom is 0.191 e. The van der Waals surface area contributed by atoms with Gasteiger partial charge in [-0.2, -0.15) is 0 Å². The number of nitrogens with zero attached hydrogens (tertiary/aromatic N) is 3. The molecule has 1 aromatic rings. The minimum Gasteiger partial charge on any atom is -0.357 e. The number of benzene rings is 1. The summed E-state index contributed by atoms with van der Waals surface area (Å²) in [6, 6.07) is 6.58. The van der Waals surface area contributed by atoms with Gasteiger partial charge < -0.3 is 20.4 Å². The zero-order valence-electron chi connectivity index (χ0n) is 17.3. The Labute approximate surface area is 159 Å². The summed E-state index contributed by atoms with van der Waals surface area (Å²) in [5.74, 6) is 1.51. The van der Waals surface area contributed by atoms with Gasteiger partial charge in [-0.25, -0.2) is 4.99 Å². The molecule has 1 unspecified atom stereocenters. The van der Waals surface area contributed by atoms with Crippen LogP contribution in [0.4, 0.5) is 0 Å². The van der Waals surface area contributed by atoms with E-state index in [0.717, 1.165) is 25.6 Å². The first-order valence-electron chi connectivity index (χ1n) is 9.97. The average molecular weight is 360 g/mol. The van der Waals surface area contributed by atoms with Crippen molar-refractivity contribution >= 4 is 5.96 Å². The van der Waals surface area contributed by atoms with E-state index in [2.05, 4.69) is 73.4 Å². The fourth-order valence-corrected chi connectivity index (χ4v) is 3.34. The van der Waals surface area contributed by atoms with E-state index in [1.807, 2.05) is 0 Å². The zero-order valence-corrected chi connectivity index (χ0v) is 17.3. The third-order valence-electron chi connectivity index (χ3n) is 5.03. The van der Waals surface area contributed by atoms with Gasteiger partial charge in [0.1, 0.15) is 0 Å². The van der Waals surface area contributed by atoms with E-state index in [1.165, 1.54) is 42.9 Å². The molecule has 5 heteroatoms. The third-order valence-corrected chi connectivity index (χ3v) is 5.03. The molecule has 0 aromatic heterocycles. The molecule has 0 aliphatic carbocycles.